The SMILES string of the molecule is COCCN(Cc1cccnc1)C(Cc1ccccc1)C1CCN(C(=O)c2cccs2)CC1. The number of amides is 1. The van der Waals surface area contributed by atoms with Crippen molar-refractivity contribution in [1.82, 2.24) is 14.8 Å². The fraction of sp³-hybridized carbons (Fsp3) is 0.407. The normalized spacial score (nSPS) is 15.6. The monoisotopic (exact) mass is 463 g/mol. The third-order valence-electron chi connectivity index (χ3n) is 6.55. The zero-order valence-corrected chi connectivity index (χ0v) is 20.1. The Morgan fingerprint density at radius 3 is 2.58 bits per heavy atom. The first-order chi connectivity index (χ1) is 16.2. The molecule has 174 valence electrons. The maximum Gasteiger partial charge on any atom is 0.263 e. The van der Waals surface area contributed by atoms with Gasteiger partial charge in [0.2, 0.25) is 0 Å². The number of carbonyl (C=O) groups excluding carboxylic acids is 1. The molecule has 0 saturated carbocycles. The van der Waals surface area contributed by atoms with Gasteiger partial charge < -0.3 is 9.64 Å². The predicted octanol–water partition coefficient (Wildman–Crippen LogP) is 4.76. The van der Waals surface area contributed by atoms with Gasteiger partial charge in [-0.25, -0.2) is 0 Å². The van der Waals surface area contributed by atoms with E-state index in [4.69, 9.17) is 4.74 Å². The number of carbonyl (C=O) groups is 1. The molecule has 1 atom stereocenters. The number of methoxy groups -OCH3 is 1. The molecule has 5 nitrogen and oxygen atoms in total. The second-order valence-electron chi connectivity index (χ2n) is 8.69. The van der Waals surface area contributed by atoms with Crippen molar-refractivity contribution in [2.45, 2.75) is 31.8 Å². The highest BCUT2D eigenvalue weighted by atomic mass is 32.1. The Morgan fingerprint density at radius 2 is 1.91 bits per heavy atom. The second kappa shape index (κ2) is 12.1. The van der Waals surface area contributed by atoms with Crippen molar-refractivity contribution in [3.63, 3.8) is 0 Å². The van der Waals surface area contributed by atoms with Gasteiger partial charge in [0.05, 0.1) is 11.5 Å². The van der Waals surface area contributed by atoms with Gasteiger partial charge in [-0.15, -0.1) is 11.3 Å². The number of nitrogens with zero attached hydrogens (tertiary/aromatic N) is 3. The Hall–Kier alpha value is -2.54. The van der Waals surface area contributed by atoms with Crippen molar-refractivity contribution in [2.75, 3.05) is 33.4 Å². The van der Waals surface area contributed by atoms with E-state index in [-0.39, 0.29) is 5.91 Å². The summed E-state index contributed by atoms with van der Waals surface area (Å²) >= 11 is 1.53. The average molecular weight is 464 g/mol. The van der Waals surface area contributed by atoms with Crippen LogP contribution in [0.25, 0.3) is 0 Å². The van der Waals surface area contributed by atoms with E-state index in [0.29, 0.717) is 18.6 Å². The minimum Gasteiger partial charge on any atom is -0.383 e. The molecule has 1 fully saturated rings. The van der Waals surface area contributed by atoms with Gasteiger partial charge in [-0.3, -0.25) is 14.7 Å². The molecule has 1 aliphatic heterocycles. The highest BCUT2D eigenvalue weighted by molar-refractivity contribution is 7.12. The molecule has 3 aromatic rings. The molecule has 0 spiro atoms. The zero-order valence-electron chi connectivity index (χ0n) is 19.3. The standard InChI is InChI=1S/C27H33N3O2S/c1-32-17-16-30(21-23-9-5-13-28-20-23)25(19-22-7-3-2-4-8-22)24-11-14-29(15-12-24)27(31)26-10-6-18-33-26/h2-10,13,18,20,24-25H,11-12,14-17,19,21H2,1H3. The molecule has 4 rings (SSSR count). The minimum atomic E-state index is 0.176. The van der Waals surface area contributed by atoms with Gasteiger partial charge in [0.25, 0.3) is 5.91 Å². The van der Waals surface area contributed by atoms with E-state index in [9.17, 15) is 4.79 Å². The van der Waals surface area contributed by atoms with Crippen LogP contribution in [0, 0.1) is 5.92 Å². The summed E-state index contributed by atoms with van der Waals surface area (Å²) in [7, 11) is 1.77. The third kappa shape index (κ3) is 6.50. The van der Waals surface area contributed by atoms with Crippen molar-refractivity contribution in [3.05, 3.63) is 88.4 Å². The van der Waals surface area contributed by atoms with E-state index in [1.807, 2.05) is 40.9 Å². The molecule has 0 bridgehead atoms. The average Bonchev–Trinajstić information content (AvgIpc) is 3.41. The fourth-order valence-corrected chi connectivity index (χ4v) is 5.48. The van der Waals surface area contributed by atoms with Crippen LogP contribution in [0.4, 0.5) is 0 Å². The van der Waals surface area contributed by atoms with Crippen molar-refractivity contribution in [3.8, 4) is 0 Å². The van der Waals surface area contributed by atoms with Gasteiger partial charge in [-0.05, 0) is 53.8 Å². The molecule has 33 heavy (non-hydrogen) atoms. The number of thiophene rings is 1. The summed E-state index contributed by atoms with van der Waals surface area (Å²) in [6.45, 7) is 4.05. The number of piperidine rings is 1. The van der Waals surface area contributed by atoms with Crippen LogP contribution in [0.2, 0.25) is 0 Å². The first-order valence-electron chi connectivity index (χ1n) is 11.7. The highest BCUT2D eigenvalue weighted by Crippen LogP contribution is 2.29. The number of pyridine rings is 1. The first-order valence-corrected chi connectivity index (χ1v) is 12.6. The van der Waals surface area contributed by atoms with E-state index in [0.717, 1.165) is 50.3 Å². The number of aromatic nitrogens is 1. The molecule has 2 aromatic heterocycles. The number of hydrogen-bond donors (Lipinski definition) is 0. The van der Waals surface area contributed by atoms with E-state index in [1.165, 1.54) is 22.5 Å². The summed E-state index contributed by atoms with van der Waals surface area (Å²) in [5.41, 5.74) is 2.57. The van der Waals surface area contributed by atoms with E-state index in [2.05, 4.69) is 46.3 Å². The second-order valence-corrected chi connectivity index (χ2v) is 9.64. The molecule has 3 heterocycles. The molecule has 1 unspecified atom stereocenters. The maximum absolute atomic E-state index is 12.8. The molecule has 1 aromatic carbocycles. The van der Waals surface area contributed by atoms with E-state index in [1.54, 1.807) is 7.11 Å². The quantitative estimate of drug-likeness (QED) is 0.435. The van der Waals surface area contributed by atoms with Gasteiger partial charge >= 0.3 is 0 Å². The van der Waals surface area contributed by atoms with Crippen molar-refractivity contribution >= 4 is 17.2 Å². The number of hydrogen-bond acceptors (Lipinski definition) is 5. The Bertz CT molecular complexity index is 958. The van der Waals surface area contributed by atoms with Crippen LogP contribution >= 0.6 is 11.3 Å². The number of benzene rings is 1. The zero-order chi connectivity index (χ0) is 22.9. The molecule has 0 N–H and O–H groups in total. The van der Waals surface area contributed by atoms with Crippen LogP contribution in [-0.4, -0.2) is 60.1 Å². The molecule has 1 aliphatic rings. The van der Waals surface area contributed by atoms with Crippen LogP contribution in [-0.2, 0) is 17.7 Å². The summed E-state index contributed by atoms with van der Waals surface area (Å²) in [6.07, 6.45) is 6.82. The number of ether oxygens (including phenoxy) is 1. The molecule has 0 aliphatic carbocycles. The Kier molecular flexibility index (Phi) is 8.64. The maximum atomic E-state index is 12.8. The lowest BCUT2D eigenvalue weighted by Crippen LogP contribution is -2.48. The van der Waals surface area contributed by atoms with Gasteiger partial charge in [-0.1, -0.05) is 42.5 Å². The molecular weight excluding hydrogens is 430 g/mol. The topological polar surface area (TPSA) is 45.7 Å². The largest absolute Gasteiger partial charge is 0.383 e. The molecule has 0 radical (unpaired) electrons. The van der Waals surface area contributed by atoms with Gasteiger partial charge in [0.15, 0.2) is 0 Å². The molecule has 1 saturated heterocycles. The van der Waals surface area contributed by atoms with E-state index < -0.39 is 0 Å². The summed E-state index contributed by atoms with van der Waals surface area (Å²) in [5, 5.41) is 1.97. The number of likely N-dealkylation sites (tertiary alicyclic amines) is 1. The van der Waals surface area contributed by atoms with Crippen LogP contribution in [0.3, 0.4) is 0 Å². The Morgan fingerprint density at radius 1 is 1.12 bits per heavy atom. The van der Waals surface area contributed by atoms with E-state index >= 15 is 0 Å². The smallest absolute Gasteiger partial charge is 0.263 e. The lowest BCUT2D eigenvalue weighted by Gasteiger charge is -2.41. The van der Waals surface area contributed by atoms with Gasteiger partial charge in [-0.2, -0.15) is 0 Å². The lowest BCUT2D eigenvalue weighted by molar-refractivity contribution is 0.0488. The Balaban J connectivity index is 1.51. The summed E-state index contributed by atoms with van der Waals surface area (Å²) in [4.78, 5) is 22.6. The summed E-state index contributed by atoms with van der Waals surface area (Å²) < 4.78 is 5.48. The summed E-state index contributed by atoms with van der Waals surface area (Å²) in [5.74, 6) is 0.695. The molecular formula is C27H33N3O2S. The fourth-order valence-electron chi connectivity index (χ4n) is 4.79. The molecule has 6 heteroatoms. The predicted molar refractivity (Wildman–Crippen MR) is 133 cm³/mol. The highest BCUT2D eigenvalue weighted by Gasteiger charge is 2.32. The van der Waals surface area contributed by atoms with Crippen molar-refractivity contribution in [1.29, 1.82) is 0 Å². The molecule has 1 amide bonds. The Labute approximate surface area is 201 Å². The van der Waals surface area contributed by atoms with Crippen LogP contribution in [0.15, 0.2) is 72.4 Å². The first kappa shape index (κ1) is 23.6. The van der Waals surface area contributed by atoms with Crippen molar-refractivity contribution < 1.29 is 9.53 Å². The van der Waals surface area contributed by atoms with Crippen LogP contribution < -0.4 is 0 Å². The lowest BCUT2D eigenvalue weighted by atomic mass is 9.84. The van der Waals surface area contributed by atoms with Gasteiger partial charge in [0.1, 0.15) is 0 Å². The summed E-state index contributed by atoms with van der Waals surface area (Å²) in [6, 6.07) is 19.2. The van der Waals surface area contributed by atoms with Crippen molar-refractivity contribution in [2.24, 2.45) is 5.92 Å². The third-order valence-corrected chi connectivity index (χ3v) is 7.41. The van der Waals surface area contributed by atoms with Crippen LogP contribution in [0.5, 0.6) is 0 Å². The minimum absolute atomic E-state index is 0.176. The number of rotatable bonds is 10. The van der Waals surface area contributed by atoms with Gasteiger partial charge in [0, 0.05) is 51.7 Å². The van der Waals surface area contributed by atoms with Crippen LogP contribution in [0.1, 0.15) is 33.6 Å².